The second-order valence-electron chi connectivity index (χ2n) is 5.41. The van der Waals surface area contributed by atoms with Gasteiger partial charge in [0, 0.05) is 16.8 Å². The number of ketones is 1. The summed E-state index contributed by atoms with van der Waals surface area (Å²) in [6.07, 6.45) is 1.69. The fraction of sp³-hybridized carbons (Fsp3) is 0.158. The first-order valence-electron chi connectivity index (χ1n) is 7.64. The van der Waals surface area contributed by atoms with E-state index in [0.29, 0.717) is 39.3 Å². The lowest BCUT2D eigenvalue weighted by Gasteiger charge is -2.06. The summed E-state index contributed by atoms with van der Waals surface area (Å²) in [6, 6.07) is 13.4. The fourth-order valence-corrected chi connectivity index (χ4v) is 3.23. The van der Waals surface area contributed by atoms with Crippen molar-refractivity contribution in [2.75, 3.05) is 0 Å². The molecule has 25 heavy (non-hydrogen) atoms. The van der Waals surface area contributed by atoms with Gasteiger partial charge in [-0.05, 0) is 19.9 Å². The Bertz CT molecular complexity index is 959. The van der Waals surface area contributed by atoms with Crippen LogP contribution in [0.2, 0.25) is 0 Å². The van der Waals surface area contributed by atoms with E-state index in [2.05, 4.69) is 16.0 Å². The number of carbonyl (C=O) groups excluding carboxylic acids is 1. The lowest BCUT2D eigenvalue weighted by molar-refractivity contribution is 0.101. The van der Waals surface area contributed by atoms with Crippen LogP contribution in [-0.4, -0.2) is 15.8 Å². The number of thioether (sulfide) groups is 1. The van der Waals surface area contributed by atoms with Crippen molar-refractivity contribution in [2.24, 2.45) is 0 Å². The average molecular weight is 349 g/mol. The molecule has 124 valence electrons. The van der Waals surface area contributed by atoms with Crippen molar-refractivity contribution in [3.05, 3.63) is 65.3 Å². The summed E-state index contributed by atoms with van der Waals surface area (Å²) in [5.41, 5.74) is 2.44. The van der Waals surface area contributed by atoms with Crippen LogP contribution in [0.25, 0.3) is 11.3 Å². The molecule has 0 aliphatic carbocycles. The number of nitriles is 1. The fourth-order valence-electron chi connectivity index (χ4n) is 2.37. The number of benzene rings is 1. The molecule has 6 heteroatoms. The van der Waals surface area contributed by atoms with Crippen LogP contribution in [0.1, 0.15) is 34.4 Å². The number of nitrogens with zero attached hydrogens (tertiary/aromatic N) is 3. The predicted octanol–water partition coefficient (Wildman–Crippen LogP) is 4.41. The highest BCUT2D eigenvalue weighted by molar-refractivity contribution is 7.98. The van der Waals surface area contributed by atoms with E-state index in [1.54, 1.807) is 19.2 Å². The predicted molar refractivity (Wildman–Crippen MR) is 95.2 cm³/mol. The lowest BCUT2D eigenvalue weighted by Crippen LogP contribution is -2.02. The first-order valence-corrected chi connectivity index (χ1v) is 8.62. The first-order chi connectivity index (χ1) is 12.1. The van der Waals surface area contributed by atoms with Gasteiger partial charge in [-0.1, -0.05) is 42.1 Å². The van der Waals surface area contributed by atoms with E-state index in [1.165, 1.54) is 18.7 Å². The molecule has 3 rings (SSSR count). The molecular formula is C19H15N3O2S. The van der Waals surface area contributed by atoms with Crippen LogP contribution in [0.15, 0.2) is 52.0 Å². The van der Waals surface area contributed by atoms with Gasteiger partial charge in [0.05, 0.1) is 17.5 Å². The molecule has 5 nitrogen and oxygen atoms in total. The third kappa shape index (κ3) is 3.78. The summed E-state index contributed by atoms with van der Waals surface area (Å²) in [6.45, 7) is 3.23. The Labute approximate surface area is 149 Å². The van der Waals surface area contributed by atoms with Gasteiger partial charge < -0.3 is 4.42 Å². The van der Waals surface area contributed by atoms with Crippen molar-refractivity contribution < 1.29 is 9.21 Å². The summed E-state index contributed by atoms with van der Waals surface area (Å²) in [5, 5.41) is 9.89. The number of hydrogen-bond acceptors (Lipinski definition) is 6. The molecule has 0 aliphatic rings. The standard InChI is InChI=1S/C19H15N3O2S/c1-12-16(13(2)23)8-15(9-20)19(22-12)25-11-18-21-10-17(24-18)14-6-4-3-5-7-14/h3-8,10H,11H2,1-2H3. The molecule has 0 fully saturated rings. The van der Waals surface area contributed by atoms with Crippen LogP contribution in [0, 0.1) is 18.3 Å². The number of aryl methyl sites for hydroxylation is 1. The van der Waals surface area contributed by atoms with Crippen molar-refractivity contribution in [3.8, 4) is 17.4 Å². The monoisotopic (exact) mass is 349 g/mol. The molecule has 0 radical (unpaired) electrons. The SMILES string of the molecule is CC(=O)c1cc(C#N)c(SCc2ncc(-c3ccccc3)o2)nc1C. The van der Waals surface area contributed by atoms with Gasteiger partial charge in [-0.2, -0.15) is 5.26 Å². The molecule has 0 aliphatic heterocycles. The van der Waals surface area contributed by atoms with E-state index in [4.69, 9.17) is 4.42 Å². The summed E-state index contributed by atoms with van der Waals surface area (Å²) in [4.78, 5) is 20.3. The van der Waals surface area contributed by atoms with Crippen LogP contribution in [0.5, 0.6) is 0 Å². The van der Waals surface area contributed by atoms with E-state index >= 15 is 0 Å². The summed E-state index contributed by atoms with van der Waals surface area (Å²) >= 11 is 1.37. The first kappa shape index (κ1) is 16.9. The normalized spacial score (nSPS) is 10.4. The molecule has 0 saturated heterocycles. The van der Waals surface area contributed by atoms with E-state index < -0.39 is 0 Å². The number of carbonyl (C=O) groups is 1. The van der Waals surface area contributed by atoms with E-state index in [-0.39, 0.29) is 5.78 Å². The number of aromatic nitrogens is 2. The molecular weight excluding hydrogens is 334 g/mol. The maximum Gasteiger partial charge on any atom is 0.205 e. The smallest absolute Gasteiger partial charge is 0.205 e. The molecule has 0 unspecified atom stereocenters. The van der Waals surface area contributed by atoms with Gasteiger partial charge in [0.1, 0.15) is 11.1 Å². The minimum absolute atomic E-state index is 0.0988. The molecule has 0 spiro atoms. The van der Waals surface area contributed by atoms with Gasteiger partial charge in [-0.3, -0.25) is 4.79 Å². The van der Waals surface area contributed by atoms with Crippen molar-refractivity contribution in [1.82, 2.24) is 9.97 Å². The molecule has 1 aromatic carbocycles. The van der Waals surface area contributed by atoms with Crippen molar-refractivity contribution in [3.63, 3.8) is 0 Å². The maximum atomic E-state index is 11.6. The lowest BCUT2D eigenvalue weighted by atomic mass is 10.1. The number of Topliss-reactive ketones (excluding diaryl/α,β-unsaturated/α-hetero) is 1. The number of rotatable bonds is 5. The molecule has 2 aromatic heterocycles. The van der Waals surface area contributed by atoms with Crippen molar-refractivity contribution in [1.29, 1.82) is 5.26 Å². The Balaban J connectivity index is 1.78. The molecule has 0 N–H and O–H groups in total. The zero-order valence-corrected chi connectivity index (χ0v) is 14.6. The minimum Gasteiger partial charge on any atom is -0.440 e. The van der Waals surface area contributed by atoms with Gasteiger partial charge in [0.25, 0.3) is 0 Å². The summed E-state index contributed by atoms with van der Waals surface area (Å²) < 4.78 is 5.76. The van der Waals surface area contributed by atoms with E-state index in [0.717, 1.165) is 5.56 Å². The van der Waals surface area contributed by atoms with E-state index in [1.807, 2.05) is 30.3 Å². The second kappa shape index (κ2) is 7.32. The average Bonchev–Trinajstić information content (AvgIpc) is 3.09. The summed E-state index contributed by atoms with van der Waals surface area (Å²) in [7, 11) is 0. The van der Waals surface area contributed by atoms with Crippen LogP contribution in [-0.2, 0) is 5.75 Å². The molecule has 2 heterocycles. The van der Waals surface area contributed by atoms with E-state index in [9.17, 15) is 10.1 Å². The zero-order valence-electron chi connectivity index (χ0n) is 13.8. The highest BCUT2D eigenvalue weighted by Gasteiger charge is 2.14. The summed E-state index contributed by atoms with van der Waals surface area (Å²) in [5.74, 6) is 1.61. The highest BCUT2D eigenvalue weighted by atomic mass is 32.2. The molecule has 0 atom stereocenters. The van der Waals surface area contributed by atoms with Crippen LogP contribution >= 0.6 is 11.8 Å². The van der Waals surface area contributed by atoms with Crippen molar-refractivity contribution >= 4 is 17.5 Å². The Hall–Kier alpha value is -2.91. The van der Waals surface area contributed by atoms with Crippen LogP contribution in [0.4, 0.5) is 0 Å². The van der Waals surface area contributed by atoms with Gasteiger partial charge >= 0.3 is 0 Å². The quantitative estimate of drug-likeness (QED) is 0.501. The zero-order chi connectivity index (χ0) is 17.8. The van der Waals surface area contributed by atoms with Crippen LogP contribution in [0.3, 0.4) is 0 Å². The number of hydrogen-bond donors (Lipinski definition) is 0. The van der Waals surface area contributed by atoms with Crippen LogP contribution < -0.4 is 0 Å². The van der Waals surface area contributed by atoms with Gasteiger partial charge in [0.15, 0.2) is 11.5 Å². The molecule has 0 amide bonds. The Morgan fingerprint density at radius 3 is 2.76 bits per heavy atom. The van der Waals surface area contributed by atoms with Crippen molar-refractivity contribution in [2.45, 2.75) is 24.6 Å². The Morgan fingerprint density at radius 1 is 1.32 bits per heavy atom. The molecule has 0 bridgehead atoms. The number of pyridine rings is 1. The second-order valence-corrected chi connectivity index (χ2v) is 6.38. The largest absolute Gasteiger partial charge is 0.440 e. The van der Waals surface area contributed by atoms with Gasteiger partial charge in [0.2, 0.25) is 5.89 Å². The molecule has 3 aromatic rings. The molecule has 0 saturated carbocycles. The topological polar surface area (TPSA) is 79.8 Å². The highest BCUT2D eigenvalue weighted by Crippen LogP contribution is 2.28. The third-order valence-corrected chi connectivity index (χ3v) is 4.60. The maximum absolute atomic E-state index is 11.6. The Morgan fingerprint density at radius 2 is 2.08 bits per heavy atom. The number of oxazole rings is 1. The van der Waals surface area contributed by atoms with Gasteiger partial charge in [-0.25, -0.2) is 9.97 Å². The third-order valence-electron chi connectivity index (χ3n) is 3.62. The Kier molecular flexibility index (Phi) is 4.96. The minimum atomic E-state index is -0.0988. The van der Waals surface area contributed by atoms with Gasteiger partial charge in [-0.15, -0.1) is 0 Å².